The Morgan fingerprint density at radius 3 is 2.38 bits per heavy atom. The van der Waals surface area contributed by atoms with E-state index in [-0.39, 0.29) is 6.54 Å². The molecule has 0 aromatic carbocycles. The Labute approximate surface area is 94.4 Å². The summed E-state index contributed by atoms with van der Waals surface area (Å²) >= 11 is 0. The van der Waals surface area contributed by atoms with Crippen LogP contribution in [0.2, 0.25) is 0 Å². The number of β-amino-alcohol motifs (C(OH)–C–C–N with tert-alkyl or cyclic N) is 1. The van der Waals surface area contributed by atoms with Crippen LogP contribution in [0.3, 0.4) is 0 Å². The van der Waals surface area contributed by atoms with Gasteiger partial charge in [0.1, 0.15) is 0 Å². The maximum Gasteiger partial charge on any atom is 0.415 e. The van der Waals surface area contributed by atoms with Gasteiger partial charge in [-0.15, -0.1) is 0 Å². The Morgan fingerprint density at radius 1 is 1.38 bits per heavy atom. The van der Waals surface area contributed by atoms with E-state index >= 15 is 0 Å². The fraction of sp³-hybridized carbons (Fsp3) is 1.00. The minimum Gasteiger partial charge on any atom is -0.382 e. The molecule has 5 heteroatoms. The predicted molar refractivity (Wildman–Crippen MR) is 56.1 cm³/mol. The van der Waals surface area contributed by atoms with Gasteiger partial charge in [-0.05, 0) is 11.8 Å². The van der Waals surface area contributed by atoms with Crippen LogP contribution >= 0.6 is 0 Å². The van der Waals surface area contributed by atoms with Crippen LogP contribution in [0, 0.1) is 11.8 Å². The maximum absolute atomic E-state index is 12.1. The summed E-state index contributed by atoms with van der Waals surface area (Å²) in [6, 6.07) is 0. The molecule has 1 fully saturated rings. The molecular formula is C11H20F3NO. The molecule has 0 aliphatic carbocycles. The number of hydrogen-bond donors (Lipinski definition) is 1. The van der Waals surface area contributed by atoms with Crippen LogP contribution in [-0.4, -0.2) is 41.9 Å². The van der Waals surface area contributed by atoms with Crippen LogP contribution in [0.1, 0.15) is 26.7 Å². The van der Waals surface area contributed by atoms with Crippen molar-refractivity contribution in [3.8, 4) is 0 Å². The van der Waals surface area contributed by atoms with Crippen molar-refractivity contribution in [2.45, 2.75) is 39.0 Å². The van der Waals surface area contributed by atoms with Gasteiger partial charge in [0.2, 0.25) is 0 Å². The Balaban J connectivity index is 2.21. The molecule has 1 rings (SSSR count). The number of nitrogens with zero attached hydrogens (tertiary/aromatic N) is 1. The van der Waals surface area contributed by atoms with Crippen LogP contribution in [0.5, 0.6) is 0 Å². The molecule has 16 heavy (non-hydrogen) atoms. The average molecular weight is 239 g/mol. The smallest absolute Gasteiger partial charge is 0.382 e. The van der Waals surface area contributed by atoms with Gasteiger partial charge < -0.3 is 5.11 Å². The second-order valence-electron chi connectivity index (χ2n) is 4.80. The fourth-order valence-corrected chi connectivity index (χ4v) is 2.16. The first-order valence-corrected chi connectivity index (χ1v) is 5.81. The zero-order valence-corrected chi connectivity index (χ0v) is 9.80. The van der Waals surface area contributed by atoms with Crippen LogP contribution in [-0.2, 0) is 0 Å². The quantitative estimate of drug-likeness (QED) is 0.795. The normalized spacial score (nSPS) is 22.9. The van der Waals surface area contributed by atoms with E-state index in [4.69, 9.17) is 5.11 Å². The minimum absolute atomic E-state index is 0.279. The van der Waals surface area contributed by atoms with Gasteiger partial charge in [-0.3, -0.25) is 4.90 Å². The largest absolute Gasteiger partial charge is 0.415 e. The van der Waals surface area contributed by atoms with Gasteiger partial charge in [0.25, 0.3) is 0 Å². The maximum atomic E-state index is 12.1. The first-order valence-electron chi connectivity index (χ1n) is 5.81. The molecule has 1 aliphatic heterocycles. The summed E-state index contributed by atoms with van der Waals surface area (Å²) in [5.41, 5.74) is 0. The highest BCUT2D eigenvalue weighted by atomic mass is 19.4. The standard InChI is InChI=1S/C11H20F3NO/c1-3-4-8(2)9-5-15(6-9)7-10(16)11(12,13)14/h8-10,16H,3-7H2,1-2H3. The predicted octanol–water partition coefficient (Wildman–Crippen LogP) is 2.28. The van der Waals surface area contributed by atoms with Crippen molar-refractivity contribution in [2.24, 2.45) is 11.8 Å². The Hall–Kier alpha value is -0.290. The van der Waals surface area contributed by atoms with Gasteiger partial charge in [0, 0.05) is 19.6 Å². The molecule has 0 aromatic rings. The second-order valence-corrected chi connectivity index (χ2v) is 4.80. The average Bonchev–Trinajstić information content (AvgIpc) is 2.08. The molecular weight excluding hydrogens is 219 g/mol. The molecule has 1 heterocycles. The molecule has 0 amide bonds. The van der Waals surface area contributed by atoms with Crippen LogP contribution in [0.4, 0.5) is 13.2 Å². The monoisotopic (exact) mass is 239 g/mol. The highest BCUT2D eigenvalue weighted by Crippen LogP contribution is 2.29. The number of rotatable bonds is 5. The van der Waals surface area contributed by atoms with Crippen molar-refractivity contribution in [3.05, 3.63) is 0 Å². The van der Waals surface area contributed by atoms with E-state index in [9.17, 15) is 13.2 Å². The van der Waals surface area contributed by atoms with Gasteiger partial charge in [0.05, 0.1) is 0 Å². The van der Waals surface area contributed by atoms with E-state index in [2.05, 4.69) is 13.8 Å². The lowest BCUT2D eigenvalue weighted by atomic mass is 9.84. The topological polar surface area (TPSA) is 23.5 Å². The highest BCUT2D eigenvalue weighted by molar-refractivity contribution is 4.85. The van der Waals surface area contributed by atoms with E-state index in [0.717, 1.165) is 12.8 Å². The zero-order valence-electron chi connectivity index (χ0n) is 9.80. The molecule has 0 spiro atoms. The molecule has 0 radical (unpaired) electrons. The fourth-order valence-electron chi connectivity index (χ4n) is 2.16. The molecule has 2 nitrogen and oxygen atoms in total. The van der Waals surface area contributed by atoms with Crippen LogP contribution in [0.15, 0.2) is 0 Å². The summed E-state index contributed by atoms with van der Waals surface area (Å²) < 4.78 is 36.2. The third kappa shape index (κ3) is 3.63. The molecule has 0 aromatic heterocycles. The summed E-state index contributed by atoms with van der Waals surface area (Å²) in [4.78, 5) is 1.68. The Bertz CT molecular complexity index is 214. The first-order chi connectivity index (χ1) is 7.34. The van der Waals surface area contributed by atoms with Crippen molar-refractivity contribution in [1.82, 2.24) is 4.90 Å². The Kier molecular flexibility index (Phi) is 4.62. The van der Waals surface area contributed by atoms with Crippen molar-refractivity contribution in [2.75, 3.05) is 19.6 Å². The van der Waals surface area contributed by atoms with E-state index in [1.807, 2.05) is 0 Å². The van der Waals surface area contributed by atoms with Crippen LogP contribution < -0.4 is 0 Å². The Morgan fingerprint density at radius 2 is 1.94 bits per heavy atom. The first kappa shape index (κ1) is 13.8. The number of halogens is 3. The second kappa shape index (κ2) is 5.36. The van der Waals surface area contributed by atoms with Crippen LogP contribution in [0.25, 0.3) is 0 Å². The summed E-state index contributed by atoms with van der Waals surface area (Å²) in [5.74, 6) is 1.07. The zero-order chi connectivity index (χ0) is 12.3. The molecule has 96 valence electrons. The number of alkyl halides is 3. The number of aliphatic hydroxyl groups excluding tert-OH is 1. The van der Waals surface area contributed by atoms with Gasteiger partial charge in [0.15, 0.2) is 6.10 Å². The minimum atomic E-state index is -4.49. The van der Waals surface area contributed by atoms with Gasteiger partial charge in [-0.2, -0.15) is 13.2 Å². The van der Waals surface area contributed by atoms with Gasteiger partial charge in [-0.25, -0.2) is 0 Å². The molecule has 1 saturated heterocycles. The lowest BCUT2D eigenvalue weighted by Gasteiger charge is -2.43. The van der Waals surface area contributed by atoms with Crippen molar-refractivity contribution in [3.63, 3.8) is 0 Å². The third-order valence-electron chi connectivity index (χ3n) is 3.34. The number of aliphatic hydroxyl groups is 1. The lowest BCUT2D eigenvalue weighted by Crippen LogP contribution is -2.54. The summed E-state index contributed by atoms with van der Waals surface area (Å²) in [7, 11) is 0. The number of likely N-dealkylation sites (tertiary alicyclic amines) is 1. The van der Waals surface area contributed by atoms with Crippen molar-refractivity contribution >= 4 is 0 Å². The lowest BCUT2D eigenvalue weighted by molar-refractivity contribution is -0.212. The van der Waals surface area contributed by atoms with Gasteiger partial charge in [-0.1, -0.05) is 26.7 Å². The summed E-state index contributed by atoms with van der Waals surface area (Å²) in [5, 5.41) is 8.88. The van der Waals surface area contributed by atoms with E-state index in [1.54, 1.807) is 4.90 Å². The molecule has 2 unspecified atom stereocenters. The van der Waals surface area contributed by atoms with Gasteiger partial charge >= 0.3 is 6.18 Å². The number of hydrogen-bond acceptors (Lipinski definition) is 2. The molecule has 2 atom stereocenters. The molecule has 0 saturated carbocycles. The summed E-state index contributed by atoms with van der Waals surface area (Å²) in [6.45, 7) is 5.35. The van der Waals surface area contributed by atoms with E-state index in [1.165, 1.54) is 0 Å². The highest BCUT2D eigenvalue weighted by Gasteiger charge is 2.41. The third-order valence-corrected chi connectivity index (χ3v) is 3.34. The summed E-state index contributed by atoms with van der Waals surface area (Å²) in [6.07, 6.45) is -4.45. The van der Waals surface area contributed by atoms with Crippen molar-refractivity contribution in [1.29, 1.82) is 0 Å². The van der Waals surface area contributed by atoms with E-state index < -0.39 is 12.3 Å². The molecule has 1 N–H and O–H groups in total. The SMILES string of the molecule is CCCC(C)C1CN(CC(O)C(F)(F)F)C1. The van der Waals surface area contributed by atoms with Crippen molar-refractivity contribution < 1.29 is 18.3 Å². The molecule has 1 aliphatic rings. The molecule has 0 bridgehead atoms. The van der Waals surface area contributed by atoms with E-state index in [0.29, 0.717) is 24.9 Å².